The molecule has 2 aromatic rings. The van der Waals surface area contributed by atoms with Gasteiger partial charge in [-0.15, -0.1) is 0 Å². The highest BCUT2D eigenvalue weighted by Crippen LogP contribution is 2.26. The summed E-state index contributed by atoms with van der Waals surface area (Å²) in [6.45, 7) is 1.62. The molecule has 0 aliphatic heterocycles. The molecule has 4 heteroatoms. The maximum absolute atomic E-state index is 13.4. The lowest BCUT2D eigenvalue weighted by molar-refractivity contribution is 0.509. The van der Waals surface area contributed by atoms with Gasteiger partial charge in [0.15, 0.2) is 11.6 Å². The first kappa shape index (κ1) is 10.7. The van der Waals surface area contributed by atoms with Crippen LogP contribution in [0, 0.1) is 24.5 Å². The molecule has 0 fully saturated rings. The molecule has 0 N–H and O–H groups in total. The zero-order valence-corrected chi connectivity index (χ0v) is 8.47. The third kappa shape index (κ3) is 1.78. The molecule has 1 aromatic carbocycles. The number of aryl methyl sites for hydroxylation is 1. The Balaban J connectivity index is 2.63. The van der Waals surface area contributed by atoms with Crippen LogP contribution < -0.4 is 0 Å². The van der Waals surface area contributed by atoms with Crippen LogP contribution in [-0.2, 0) is 0 Å². The van der Waals surface area contributed by atoms with Crippen molar-refractivity contribution in [2.75, 3.05) is 0 Å². The number of nitrogens with zero attached hydrogens (tertiary/aromatic N) is 1. The number of halogens is 3. The van der Waals surface area contributed by atoms with Gasteiger partial charge in [0.25, 0.3) is 0 Å². The third-order valence-electron chi connectivity index (χ3n) is 2.23. The van der Waals surface area contributed by atoms with Crippen molar-refractivity contribution in [1.82, 2.24) is 4.98 Å². The second-order valence-corrected chi connectivity index (χ2v) is 3.39. The monoisotopic (exact) mass is 223 g/mol. The molecule has 0 aliphatic rings. The molecule has 2 rings (SSSR count). The highest BCUT2D eigenvalue weighted by molar-refractivity contribution is 5.63. The van der Waals surface area contributed by atoms with E-state index in [4.69, 9.17) is 0 Å². The average molecular weight is 223 g/mol. The lowest BCUT2D eigenvalue weighted by Gasteiger charge is -2.05. The van der Waals surface area contributed by atoms with Crippen molar-refractivity contribution in [1.29, 1.82) is 0 Å². The molecular formula is C12H8F3N. The van der Waals surface area contributed by atoms with E-state index in [2.05, 4.69) is 4.98 Å². The van der Waals surface area contributed by atoms with E-state index in [0.29, 0.717) is 5.69 Å². The summed E-state index contributed by atoms with van der Waals surface area (Å²) in [5.74, 6) is -2.87. The maximum Gasteiger partial charge on any atom is 0.221 e. The van der Waals surface area contributed by atoms with E-state index in [0.717, 1.165) is 6.07 Å². The van der Waals surface area contributed by atoms with Crippen molar-refractivity contribution in [2.45, 2.75) is 6.92 Å². The van der Waals surface area contributed by atoms with E-state index in [1.165, 1.54) is 18.2 Å². The highest BCUT2D eigenvalue weighted by atomic mass is 19.2. The molecule has 0 saturated heterocycles. The quantitative estimate of drug-likeness (QED) is 0.674. The van der Waals surface area contributed by atoms with E-state index >= 15 is 0 Å². The van der Waals surface area contributed by atoms with Gasteiger partial charge in [0.1, 0.15) is 0 Å². The van der Waals surface area contributed by atoms with Crippen molar-refractivity contribution in [3.05, 3.63) is 53.6 Å². The first-order chi connectivity index (χ1) is 7.59. The molecule has 82 valence electrons. The second kappa shape index (κ2) is 3.96. The van der Waals surface area contributed by atoms with Gasteiger partial charge >= 0.3 is 0 Å². The smallest absolute Gasteiger partial charge is 0.221 e. The van der Waals surface area contributed by atoms with Crippen LogP contribution in [0.1, 0.15) is 5.69 Å². The van der Waals surface area contributed by atoms with E-state index in [1.54, 1.807) is 13.0 Å². The second-order valence-electron chi connectivity index (χ2n) is 3.39. The van der Waals surface area contributed by atoms with Gasteiger partial charge in [-0.2, -0.15) is 4.39 Å². The van der Waals surface area contributed by atoms with E-state index in [-0.39, 0.29) is 11.1 Å². The Labute approximate surface area is 90.6 Å². The molecular weight excluding hydrogens is 215 g/mol. The standard InChI is InChI=1S/C12H8F3N/c1-7-5-6-9(12(15)16-7)8-3-2-4-10(13)11(8)14/h2-6H,1H3. The Hall–Kier alpha value is -1.84. The molecule has 0 saturated carbocycles. The van der Waals surface area contributed by atoms with Gasteiger partial charge < -0.3 is 0 Å². The zero-order valence-electron chi connectivity index (χ0n) is 8.47. The number of hydrogen-bond donors (Lipinski definition) is 0. The Kier molecular flexibility index (Phi) is 2.64. The van der Waals surface area contributed by atoms with Gasteiger partial charge in [-0.25, -0.2) is 13.8 Å². The van der Waals surface area contributed by atoms with E-state index in [9.17, 15) is 13.2 Å². The van der Waals surface area contributed by atoms with Gasteiger partial charge in [0.05, 0.1) is 0 Å². The molecule has 0 atom stereocenters. The number of pyridine rings is 1. The van der Waals surface area contributed by atoms with Crippen LogP contribution in [0.4, 0.5) is 13.2 Å². The lowest BCUT2D eigenvalue weighted by Crippen LogP contribution is -1.95. The Morgan fingerprint density at radius 3 is 2.38 bits per heavy atom. The van der Waals surface area contributed by atoms with Crippen LogP contribution >= 0.6 is 0 Å². The Morgan fingerprint density at radius 2 is 1.69 bits per heavy atom. The molecule has 1 nitrogen and oxygen atoms in total. The molecule has 0 unspecified atom stereocenters. The van der Waals surface area contributed by atoms with Crippen LogP contribution in [0.2, 0.25) is 0 Å². The number of aromatic nitrogens is 1. The molecule has 1 aromatic heterocycles. The predicted molar refractivity (Wildman–Crippen MR) is 54.3 cm³/mol. The summed E-state index contributed by atoms with van der Waals surface area (Å²) in [6.07, 6.45) is 0. The molecule has 0 radical (unpaired) electrons. The fourth-order valence-electron chi connectivity index (χ4n) is 1.44. The van der Waals surface area contributed by atoms with Gasteiger partial charge in [-0.05, 0) is 25.1 Å². The summed E-state index contributed by atoms with van der Waals surface area (Å²) >= 11 is 0. The number of benzene rings is 1. The van der Waals surface area contributed by atoms with Crippen LogP contribution in [0.15, 0.2) is 30.3 Å². The third-order valence-corrected chi connectivity index (χ3v) is 2.23. The zero-order chi connectivity index (χ0) is 11.7. The van der Waals surface area contributed by atoms with Gasteiger partial charge in [-0.3, -0.25) is 0 Å². The fourth-order valence-corrected chi connectivity index (χ4v) is 1.44. The topological polar surface area (TPSA) is 12.9 Å². The van der Waals surface area contributed by atoms with Crippen molar-refractivity contribution in [2.24, 2.45) is 0 Å². The molecule has 0 bridgehead atoms. The summed E-state index contributed by atoms with van der Waals surface area (Å²) in [7, 11) is 0. The summed E-state index contributed by atoms with van der Waals surface area (Å²) in [5, 5.41) is 0. The summed E-state index contributed by atoms with van der Waals surface area (Å²) in [6, 6.07) is 6.55. The van der Waals surface area contributed by atoms with Crippen LogP contribution in [0.25, 0.3) is 11.1 Å². The minimum absolute atomic E-state index is 0.0393. The predicted octanol–water partition coefficient (Wildman–Crippen LogP) is 3.47. The van der Waals surface area contributed by atoms with Gasteiger partial charge in [0, 0.05) is 16.8 Å². The highest BCUT2D eigenvalue weighted by Gasteiger charge is 2.13. The number of rotatable bonds is 1. The minimum Gasteiger partial charge on any atom is -0.225 e. The van der Waals surface area contributed by atoms with E-state index < -0.39 is 17.6 Å². The van der Waals surface area contributed by atoms with Gasteiger partial charge in [-0.1, -0.05) is 12.1 Å². The molecule has 0 amide bonds. The molecule has 1 heterocycles. The van der Waals surface area contributed by atoms with Crippen molar-refractivity contribution in [3.63, 3.8) is 0 Å². The molecule has 0 spiro atoms. The molecule has 0 aliphatic carbocycles. The average Bonchev–Trinajstić information content (AvgIpc) is 2.23. The van der Waals surface area contributed by atoms with Crippen LogP contribution in [0.3, 0.4) is 0 Å². The SMILES string of the molecule is Cc1ccc(-c2cccc(F)c2F)c(F)n1. The van der Waals surface area contributed by atoms with Crippen molar-refractivity contribution in [3.8, 4) is 11.1 Å². The van der Waals surface area contributed by atoms with Crippen LogP contribution in [-0.4, -0.2) is 4.98 Å². The summed E-state index contributed by atoms with van der Waals surface area (Å²) < 4.78 is 39.8. The first-order valence-electron chi connectivity index (χ1n) is 4.67. The van der Waals surface area contributed by atoms with Crippen LogP contribution in [0.5, 0.6) is 0 Å². The van der Waals surface area contributed by atoms with Gasteiger partial charge in [0.2, 0.25) is 5.95 Å². The van der Waals surface area contributed by atoms with Crippen molar-refractivity contribution < 1.29 is 13.2 Å². The minimum atomic E-state index is -1.06. The largest absolute Gasteiger partial charge is 0.225 e. The lowest BCUT2D eigenvalue weighted by atomic mass is 10.1. The fraction of sp³-hybridized carbons (Fsp3) is 0.0833. The first-order valence-corrected chi connectivity index (χ1v) is 4.67. The van der Waals surface area contributed by atoms with Crippen molar-refractivity contribution >= 4 is 0 Å². The normalized spacial score (nSPS) is 10.5. The Bertz CT molecular complexity index is 538. The maximum atomic E-state index is 13.4. The Morgan fingerprint density at radius 1 is 0.938 bits per heavy atom. The van der Waals surface area contributed by atoms with E-state index in [1.807, 2.05) is 0 Å². The summed E-state index contributed by atoms with van der Waals surface area (Å²) in [4.78, 5) is 3.56. The molecule has 16 heavy (non-hydrogen) atoms. The summed E-state index contributed by atoms with van der Waals surface area (Å²) in [5.41, 5.74) is 0.325. The number of hydrogen-bond acceptors (Lipinski definition) is 1.